The van der Waals surface area contributed by atoms with E-state index in [-0.39, 0.29) is 0 Å². The summed E-state index contributed by atoms with van der Waals surface area (Å²) in [4.78, 5) is 8.21. The molecule has 0 saturated carbocycles. The van der Waals surface area contributed by atoms with Crippen LogP contribution in [-0.4, -0.2) is 24.6 Å². The summed E-state index contributed by atoms with van der Waals surface area (Å²) >= 11 is 0. The highest BCUT2D eigenvalue weighted by Gasteiger charge is 1.96. The van der Waals surface area contributed by atoms with Gasteiger partial charge in [0.15, 0.2) is 0 Å². The topological polar surface area (TPSA) is 59.9 Å². The number of benzene rings is 1. The van der Waals surface area contributed by atoms with Crippen molar-refractivity contribution in [2.24, 2.45) is 0 Å². The lowest BCUT2D eigenvalue weighted by atomic mass is 10.2. The lowest BCUT2D eigenvalue weighted by molar-refractivity contribution is 0.611. The molecule has 5 heteroatoms. The Labute approximate surface area is 93.3 Å². The molecule has 1 heterocycles. The molecule has 0 radical (unpaired) electrons. The number of fused-ring (bicyclic) bond motifs is 1. The molecule has 80 valence electrons. The average molecular weight is 232 g/mol. The van der Waals surface area contributed by atoms with E-state index in [9.17, 15) is 8.42 Å². The number of nitrogens with zero attached hydrogens (tertiary/aromatic N) is 2. The van der Waals surface area contributed by atoms with Crippen molar-refractivity contribution in [1.82, 2.24) is 9.97 Å². The monoisotopic (exact) mass is 232 g/mol. The molecule has 0 saturated heterocycles. The van der Waals surface area contributed by atoms with Gasteiger partial charge in [-0.2, -0.15) is 0 Å². The number of sulfone groups is 1. The van der Waals surface area contributed by atoms with E-state index < -0.39 is 9.84 Å². The van der Waals surface area contributed by atoms with E-state index in [0.29, 0.717) is 11.1 Å². The van der Waals surface area contributed by atoms with Crippen LogP contribution in [0.15, 0.2) is 30.6 Å². The van der Waals surface area contributed by atoms with Crippen molar-refractivity contribution in [2.75, 3.05) is 6.26 Å². The molecule has 0 aliphatic carbocycles. The quantitative estimate of drug-likeness (QED) is 0.635. The molecule has 0 atom stereocenters. The van der Waals surface area contributed by atoms with Crippen molar-refractivity contribution in [3.8, 4) is 11.2 Å². The largest absolute Gasteiger partial charge is 0.253 e. The zero-order chi connectivity index (χ0) is 11.6. The first kappa shape index (κ1) is 10.6. The fourth-order valence-electron chi connectivity index (χ4n) is 1.19. The van der Waals surface area contributed by atoms with Gasteiger partial charge in [0, 0.05) is 23.2 Å². The third-order valence-corrected chi connectivity index (χ3v) is 2.32. The maximum Gasteiger partial charge on any atom is 0.214 e. The van der Waals surface area contributed by atoms with Crippen molar-refractivity contribution in [1.29, 1.82) is 0 Å². The highest BCUT2D eigenvalue weighted by Crippen LogP contribution is 2.09. The van der Waals surface area contributed by atoms with Gasteiger partial charge in [-0.3, -0.25) is 9.97 Å². The molecule has 0 amide bonds. The highest BCUT2D eigenvalue weighted by atomic mass is 32.2. The third kappa shape index (κ3) is 2.55. The predicted molar refractivity (Wildman–Crippen MR) is 61.3 cm³/mol. The molecule has 0 fully saturated rings. The Morgan fingerprint density at radius 2 is 1.81 bits per heavy atom. The second-order valence-corrected chi connectivity index (χ2v) is 5.01. The minimum Gasteiger partial charge on any atom is -0.253 e. The van der Waals surface area contributed by atoms with Crippen molar-refractivity contribution >= 4 is 20.9 Å². The number of hydrogen-bond donors (Lipinski definition) is 0. The minimum absolute atomic E-state index is 0.610. The Morgan fingerprint density at radius 1 is 1.12 bits per heavy atom. The van der Waals surface area contributed by atoms with Crippen LogP contribution < -0.4 is 0 Å². The van der Waals surface area contributed by atoms with Crippen LogP contribution in [0.4, 0.5) is 0 Å². The maximum atomic E-state index is 10.9. The summed E-state index contributed by atoms with van der Waals surface area (Å²) in [6.45, 7) is 0. The standard InChI is InChI=1S/C11H8N2O2S/c1-16(14,15)7-4-9-2-3-10-11(8-9)13-6-5-12-10/h2-3,5-6,8H,1H3. The summed E-state index contributed by atoms with van der Waals surface area (Å²) in [5.41, 5.74) is 2.06. The summed E-state index contributed by atoms with van der Waals surface area (Å²) in [6.07, 6.45) is 4.25. The molecule has 1 aromatic carbocycles. The highest BCUT2D eigenvalue weighted by molar-refractivity contribution is 7.95. The van der Waals surface area contributed by atoms with E-state index in [4.69, 9.17) is 0 Å². The molecule has 0 spiro atoms. The van der Waals surface area contributed by atoms with E-state index in [0.717, 1.165) is 11.8 Å². The molecule has 16 heavy (non-hydrogen) atoms. The van der Waals surface area contributed by atoms with Crippen LogP contribution in [0.1, 0.15) is 5.56 Å². The second kappa shape index (κ2) is 3.91. The first-order valence-corrected chi connectivity index (χ1v) is 6.37. The zero-order valence-corrected chi connectivity index (χ0v) is 9.32. The Balaban J connectivity index is 2.51. The molecule has 0 aliphatic rings. The predicted octanol–water partition coefficient (Wildman–Crippen LogP) is 0.983. The number of hydrogen-bond acceptors (Lipinski definition) is 4. The van der Waals surface area contributed by atoms with Crippen LogP contribution in [-0.2, 0) is 9.84 Å². The van der Waals surface area contributed by atoms with Gasteiger partial charge in [-0.1, -0.05) is 0 Å². The van der Waals surface area contributed by atoms with Crippen LogP contribution in [0, 0.1) is 11.2 Å². The minimum atomic E-state index is -3.27. The summed E-state index contributed by atoms with van der Waals surface area (Å²) < 4.78 is 21.7. The molecule has 0 unspecified atom stereocenters. The Morgan fingerprint density at radius 3 is 2.50 bits per heavy atom. The molecule has 0 bridgehead atoms. The van der Waals surface area contributed by atoms with E-state index >= 15 is 0 Å². The Hall–Kier alpha value is -1.93. The first-order chi connectivity index (χ1) is 7.54. The van der Waals surface area contributed by atoms with Crippen LogP contribution in [0.5, 0.6) is 0 Å². The Bertz CT molecular complexity index is 696. The second-order valence-electron chi connectivity index (χ2n) is 3.26. The van der Waals surface area contributed by atoms with Crippen molar-refractivity contribution in [2.45, 2.75) is 0 Å². The van der Waals surface area contributed by atoms with Gasteiger partial charge in [0.05, 0.1) is 17.3 Å². The molecular formula is C11H8N2O2S. The molecule has 2 aromatic rings. The van der Waals surface area contributed by atoms with Gasteiger partial charge >= 0.3 is 0 Å². The van der Waals surface area contributed by atoms with E-state index in [1.165, 1.54) is 0 Å². The fraction of sp³-hybridized carbons (Fsp3) is 0.0909. The van der Waals surface area contributed by atoms with Crippen LogP contribution in [0.25, 0.3) is 11.0 Å². The zero-order valence-electron chi connectivity index (χ0n) is 8.51. The lowest BCUT2D eigenvalue weighted by Crippen LogP contribution is -1.89. The fourth-order valence-corrected chi connectivity index (χ4v) is 1.50. The summed E-state index contributed by atoms with van der Waals surface area (Å²) in [6, 6.07) is 5.18. The van der Waals surface area contributed by atoms with Gasteiger partial charge in [0.2, 0.25) is 9.84 Å². The molecule has 1 aromatic heterocycles. The summed E-state index contributed by atoms with van der Waals surface area (Å²) in [5, 5.41) is 2.18. The molecule has 0 aliphatic heterocycles. The molecule has 2 rings (SSSR count). The average Bonchev–Trinajstić information content (AvgIpc) is 2.25. The SMILES string of the molecule is CS(=O)(=O)C#Cc1ccc2nccnc2c1. The van der Waals surface area contributed by atoms with Gasteiger partial charge in [0.1, 0.15) is 0 Å². The van der Waals surface area contributed by atoms with E-state index in [1.807, 2.05) is 0 Å². The van der Waals surface area contributed by atoms with Gasteiger partial charge in [-0.15, -0.1) is 0 Å². The van der Waals surface area contributed by atoms with Crippen molar-refractivity contribution in [3.05, 3.63) is 36.2 Å². The maximum absolute atomic E-state index is 10.9. The van der Waals surface area contributed by atoms with Crippen molar-refractivity contribution in [3.63, 3.8) is 0 Å². The smallest absolute Gasteiger partial charge is 0.214 e. The van der Waals surface area contributed by atoms with Crippen molar-refractivity contribution < 1.29 is 8.42 Å². The Kier molecular flexibility index (Phi) is 2.59. The van der Waals surface area contributed by atoms with Crippen LogP contribution >= 0.6 is 0 Å². The summed E-state index contributed by atoms with van der Waals surface area (Å²) in [5.74, 6) is 2.57. The van der Waals surface area contributed by atoms with Gasteiger partial charge in [0.25, 0.3) is 0 Å². The first-order valence-electron chi connectivity index (χ1n) is 4.48. The molecule has 0 N–H and O–H groups in total. The third-order valence-electron chi connectivity index (χ3n) is 1.85. The van der Waals surface area contributed by atoms with E-state index in [1.54, 1.807) is 30.6 Å². The number of aromatic nitrogens is 2. The van der Waals surface area contributed by atoms with Crippen LogP contribution in [0.3, 0.4) is 0 Å². The molecule has 4 nitrogen and oxygen atoms in total. The molecular weight excluding hydrogens is 224 g/mol. The van der Waals surface area contributed by atoms with E-state index in [2.05, 4.69) is 21.1 Å². The van der Waals surface area contributed by atoms with Gasteiger partial charge in [-0.05, 0) is 24.1 Å². The van der Waals surface area contributed by atoms with Gasteiger partial charge in [-0.25, -0.2) is 8.42 Å². The van der Waals surface area contributed by atoms with Gasteiger partial charge < -0.3 is 0 Å². The normalized spacial score (nSPS) is 10.8. The lowest BCUT2D eigenvalue weighted by Gasteiger charge is -1.95. The van der Waals surface area contributed by atoms with Crippen LogP contribution in [0.2, 0.25) is 0 Å². The number of rotatable bonds is 0. The summed E-state index contributed by atoms with van der Waals surface area (Å²) in [7, 11) is -3.27.